The molecule has 11 nitrogen and oxygen atoms in total. The molecule has 2 fully saturated rings. The van der Waals surface area contributed by atoms with E-state index >= 15 is 0 Å². The number of benzene rings is 2. The Morgan fingerprint density at radius 3 is 2.39 bits per heavy atom. The fourth-order valence-electron chi connectivity index (χ4n) is 7.68. The Balaban J connectivity index is 1.31. The van der Waals surface area contributed by atoms with Gasteiger partial charge in [0.05, 0.1) is 11.6 Å². The largest absolute Gasteiger partial charge is 0.508 e. The van der Waals surface area contributed by atoms with Crippen LogP contribution in [0, 0.1) is 11.8 Å². The van der Waals surface area contributed by atoms with Crippen molar-refractivity contribution < 1.29 is 34.8 Å². The zero-order valence-corrected chi connectivity index (χ0v) is 24.8. The van der Waals surface area contributed by atoms with Gasteiger partial charge in [0.1, 0.15) is 22.8 Å². The lowest BCUT2D eigenvalue weighted by atomic mass is 9.57. The Morgan fingerprint density at radius 1 is 1.07 bits per heavy atom. The number of phenolic OH excluding ortho intramolecular Hbond substituents is 1. The van der Waals surface area contributed by atoms with Crippen molar-refractivity contribution in [3.05, 3.63) is 76.1 Å². The number of nitrogens with zero attached hydrogens (tertiary/aromatic N) is 2. The molecule has 0 bridgehead atoms. The molecule has 1 heterocycles. The second-order valence-electron chi connectivity index (χ2n) is 12.6. The molecule has 0 unspecified atom stereocenters. The maximum atomic E-state index is 14.0. The highest BCUT2D eigenvalue weighted by Crippen LogP contribution is 2.53. The van der Waals surface area contributed by atoms with Gasteiger partial charge in [-0.25, -0.2) is 0 Å². The molecular formula is C33H38N4O7. The summed E-state index contributed by atoms with van der Waals surface area (Å²) in [7, 11) is 3.16. The number of nitrogens with two attached hydrogens (primary N) is 1. The Labute approximate surface area is 255 Å². The zero-order valence-electron chi connectivity index (χ0n) is 24.8. The second kappa shape index (κ2) is 11.1. The number of hydrogen-bond acceptors (Lipinski definition) is 10. The number of amides is 1. The number of fused-ring (bicyclic) bond motifs is 3. The molecule has 232 valence electrons. The van der Waals surface area contributed by atoms with E-state index in [9.17, 15) is 34.8 Å². The van der Waals surface area contributed by atoms with E-state index in [1.165, 1.54) is 16.5 Å². The quantitative estimate of drug-likeness (QED) is 0.212. The summed E-state index contributed by atoms with van der Waals surface area (Å²) in [5.74, 6) is -6.57. The summed E-state index contributed by atoms with van der Waals surface area (Å²) in [6.07, 6.45) is 2.09. The van der Waals surface area contributed by atoms with Gasteiger partial charge in [0, 0.05) is 42.9 Å². The molecule has 2 aromatic rings. The van der Waals surface area contributed by atoms with Crippen molar-refractivity contribution in [2.45, 2.75) is 49.9 Å². The minimum absolute atomic E-state index is 0.0543. The van der Waals surface area contributed by atoms with Gasteiger partial charge in [-0.05, 0) is 69.0 Å². The van der Waals surface area contributed by atoms with Crippen LogP contribution in [0.5, 0.6) is 5.75 Å². The highest BCUT2D eigenvalue weighted by atomic mass is 16.3. The van der Waals surface area contributed by atoms with Crippen LogP contribution >= 0.6 is 0 Å². The first-order valence-corrected chi connectivity index (χ1v) is 15.0. The summed E-state index contributed by atoms with van der Waals surface area (Å²) in [6.45, 7) is 2.70. The first kappa shape index (κ1) is 29.9. The first-order valence-electron chi connectivity index (χ1n) is 15.0. The van der Waals surface area contributed by atoms with Crippen molar-refractivity contribution in [3.8, 4) is 5.75 Å². The van der Waals surface area contributed by atoms with Gasteiger partial charge in [0.25, 0.3) is 5.91 Å². The second-order valence-corrected chi connectivity index (χ2v) is 12.6. The zero-order chi connectivity index (χ0) is 31.5. The van der Waals surface area contributed by atoms with Crippen molar-refractivity contribution in [1.29, 1.82) is 0 Å². The van der Waals surface area contributed by atoms with Crippen LogP contribution in [-0.4, -0.2) is 92.6 Å². The van der Waals surface area contributed by atoms with Gasteiger partial charge in [-0.3, -0.25) is 24.2 Å². The average molecular weight is 603 g/mol. The van der Waals surface area contributed by atoms with Gasteiger partial charge in [-0.1, -0.05) is 30.3 Å². The summed E-state index contributed by atoms with van der Waals surface area (Å²) >= 11 is 0. The number of rotatable bonds is 6. The third kappa shape index (κ3) is 4.66. The molecule has 1 saturated heterocycles. The van der Waals surface area contributed by atoms with E-state index in [2.05, 4.69) is 22.3 Å². The number of likely N-dealkylation sites (N-methyl/N-ethyl adjacent to an activating group) is 1. The van der Waals surface area contributed by atoms with Gasteiger partial charge in [-0.15, -0.1) is 0 Å². The van der Waals surface area contributed by atoms with Crippen LogP contribution in [0.2, 0.25) is 0 Å². The van der Waals surface area contributed by atoms with E-state index in [0.29, 0.717) is 5.56 Å². The van der Waals surface area contributed by atoms with Crippen LogP contribution < -0.4 is 11.1 Å². The summed E-state index contributed by atoms with van der Waals surface area (Å²) < 4.78 is 0. The number of likely N-dealkylation sites (tertiary alicyclic amines) is 1. The fourth-order valence-corrected chi connectivity index (χ4v) is 7.68. The number of aliphatic hydroxyl groups is 3. The van der Waals surface area contributed by atoms with Gasteiger partial charge in [0.15, 0.2) is 11.4 Å². The lowest BCUT2D eigenvalue weighted by Gasteiger charge is -2.50. The Kier molecular flexibility index (Phi) is 7.51. The molecule has 0 aromatic heterocycles. The minimum atomic E-state index is -2.65. The normalized spacial score (nSPS) is 27.7. The predicted octanol–water partition coefficient (Wildman–Crippen LogP) is 2.04. The number of carbonyl (C=O) groups excluding carboxylic acids is 3. The fraction of sp³-hybridized carbons (Fsp3) is 0.424. The molecule has 4 aliphatic rings. The van der Waals surface area contributed by atoms with Gasteiger partial charge in [0.2, 0.25) is 5.78 Å². The number of phenols is 1. The molecule has 1 aliphatic heterocycles. The number of primary amides is 1. The number of aliphatic hydroxyl groups excluding tert-OH is 2. The monoisotopic (exact) mass is 602 g/mol. The van der Waals surface area contributed by atoms with Crippen LogP contribution in [-0.2, 0) is 27.3 Å². The lowest BCUT2D eigenvalue weighted by Crippen LogP contribution is -2.65. The van der Waals surface area contributed by atoms with Gasteiger partial charge < -0.3 is 31.5 Å². The number of Topliss-reactive ketones (excluding diaryl/α,β-unsaturated/α-hetero) is 2. The smallest absolute Gasteiger partial charge is 0.255 e. The molecule has 44 heavy (non-hydrogen) atoms. The van der Waals surface area contributed by atoms with Gasteiger partial charge >= 0.3 is 0 Å². The highest BCUT2D eigenvalue weighted by molar-refractivity contribution is 6.24. The van der Waals surface area contributed by atoms with Crippen molar-refractivity contribution in [3.63, 3.8) is 0 Å². The number of aromatic hydroxyl groups is 1. The van der Waals surface area contributed by atoms with Crippen molar-refractivity contribution in [2.75, 3.05) is 32.5 Å². The molecule has 0 spiro atoms. The molecule has 2 aromatic carbocycles. The Bertz CT molecular complexity index is 1590. The maximum absolute atomic E-state index is 14.0. The number of piperidine rings is 1. The lowest BCUT2D eigenvalue weighted by molar-refractivity contribution is -0.153. The third-order valence-electron chi connectivity index (χ3n) is 9.80. The van der Waals surface area contributed by atoms with E-state index in [-0.39, 0.29) is 35.8 Å². The number of ketones is 2. The summed E-state index contributed by atoms with van der Waals surface area (Å²) in [4.78, 5) is 43.4. The molecule has 3 aliphatic carbocycles. The van der Waals surface area contributed by atoms with Crippen molar-refractivity contribution in [1.82, 2.24) is 9.80 Å². The van der Waals surface area contributed by atoms with E-state index in [0.717, 1.165) is 38.2 Å². The van der Waals surface area contributed by atoms with Gasteiger partial charge in [-0.2, -0.15) is 0 Å². The molecule has 0 radical (unpaired) electrons. The molecule has 4 atom stereocenters. The molecule has 11 heteroatoms. The molecule has 7 N–H and O–H groups in total. The Hall–Kier alpha value is -4.19. The summed E-state index contributed by atoms with van der Waals surface area (Å²) in [6, 6.07) is 12.6. The van der Waals surface area contributed by atoms with Crippen LogP contribution in [0.1, 0.15) is 36.0 Å². The first-order chi connectivity index (χ1) is 20.9. The van der Waals surface area contributed by atoms with E-state index < -0.39 is 58.0 Å². The minimum Gasteiger partial charge on any atom is -0.508 e. The van der Waals surface area contributed by atoms with E-state index in [1.807, 2.05) is 18.2 Å². The van der Waals surface area contributed by atoms with Crippen molar-refractivity contribution in [2.24, 2.45) is 17.6 Å². The van der Waals surface area contributed by atoms with Crippen LogP contribution in [0.4, 0.5) is 5.69 Å². The maximum Gasteiger partial charge on any atom is 0.255 e. The number of hydrogen-bond donors (Lipinski definition) is 6. The van der Waals surface area contributed by atoms with Crippen LogP contribution in [0.3, 0.4) is 0 Å². The SMILES string of the molecule is CN(C)[C@@H]1C(=O)C(C(N)=O)=C(O)[C@@]2(O)C(=O)C3=C(O)c4c(O)ccc(NC5CCN(Cc6ccccc6)CC5)c4C[C@H]3C[C@@H]12. The van der Waals surface area contributed by atoms with Crippen molar-refractivity contribution >= 4 is 28.9 Å². The highest BCUT2D eigenvalue weighted by Gasteiger charge is 2.64. The number of anilines is 1. The van der Waals surface area contributed by atoms with E-state index in [4.69, 9.17) is 5.73 Å². The molecule has 1 saturated carbocycles. The average Bonchev–Trinajstić information content (AvgIpc) is 2.97. The van der Waals surface area contributed by atoms with E-state index in [1.54, 1.807) is 20.2 Å². The number of nitrogens with one attached hydrogen (secondary N) is 1. The topological polar surface area (TPSA) is 177 Å². The molecule has 1 amide bonds. The summed E-state index contributed by atoms with van der Waals surface area (Å²) in [5, 5.41) is 48.7. The summed E-state index contributed by atoms with van der Waals surface area (Å²) in [5.41, 5.74) is 4.50. The molecular weight excluding hydrogens is 564 g/mol. The molecule has 6 rings (SSSR count). The number of carbonyl (C=O) groups is 3. The predicted molar refractivity (Wildman–Crippen MR) is 163 cm³/mol. The standard InChI is InChI=1S/C33H38N4O7/c1-36(2)27-21-15-18-14-20-22(35-19-10-12-37(13-11-19)16-17-6-4-3-5-7-17)8-9-23(38)25(20)28(39)24(18)30(41)33(21,44)31(42)26(29(27)40)32(34)43/h3-9,18-19,21,27,35,38-39,42,44H,10-16H2,1-2H3,(H2,34,43)/t18-,21-,27-,33-/m0/s1. The van der Waals surface area contributed by atoms with Crippen LogP contribution in [0.25, 0.3) is 5.76 Å². The third-order valence-corrected chi connectivity index (χ3v) is 9.80. The Morgan fingerprint density at radius 2 is 1.75 bits per heavy atom. The van der Waals surface area contributed by atoms with Crippen LogP contribution in [0.15, 0.2) is 59.4 Å².